The highest BCUT2D eigenvalue weighted by molar-refractivity contribution is 6.55. The molecule has 3 heteroatoms. The Hall–Kier alpha value is -0.543. The van der Waals surface area contributed by atoms with Gasteiger partial charge in [-0.1, -0.05) is 18.7 Å². The molecule has 0 rings (SSSR count). The molecule has 0 heterocycles. The Morgan fingerprint density at radius 1 is 1.73 bits per heavy atom. The fraction of sp³-hybridized carbons (Fsp3) is 0.500. The van der Waals surface area contributed by atoms with E-state index in [1.165, 1.54) is 0 Å². The van der Waals surface area contributed by atoms with Crippen LogP contribution >= 0.6 is 0 Å². The van der Waals surface area contributed by atoms with E-state index in [9.17, 15) is 0 Å². The minimum absolute atomic E-state index is 1.03. The Balaban J connectivity index is 3.52. The Labute approximate surface area is 70.6 Å². The van der Waals surface area contributed by atoms with Crippen molar-refractivity contribution in [1.29, 1.82) is 0 Å². The van der Waals surface area contributed by atoms with Gasteiger partial charge in [0.25, 0.3) is 0 Å². The quantitative estimate of drug-likeness (QED) is 0.504. The van der Waals surface area contributed by atoms with Gasteiger partial charge in [-0.3, -0.25) is 5.48 Å². The molecule has 1 N–H and O–H groups in total. The van der Waals surface area contributed by atoms with Gasteiger partial charge in [-0.05, 0) is 19.9 Å². The van der Waals surface area contributed by atoms with Gasteiger partial charge in [-0.15, -0.1) is 6.58 Å². The van der Waals surface area contributed by atoms with Crippen molar-refractivity contribution in [3.05, 3.63) is 24.1 Å². The third-order valence-electron chi connectivity index (χ3n) is 1.25. The van der Waals surface area contributed by atoms with Crippen molar-refractivity contribution < 1.29 is 4.53 Å². The summed E-state index contributed by atoms with van der Waals surface area (Å²) in [6.07, 6.45) is 3.12. The molecular formula is C8H17NOSi. The highest BCUT2D eigenvalue weighted by Gasteiger charge is 1.96. The summed E-state index contributed by atoms with van der Waals surface area (Å²) in [5.41, 5.74) is 5.84. The van der Waals surface area contributed by atoms with Crippen LogP contribution in [0.1, 0.15) is 20.3 Å². The van der Waals surface area contributed by atoms with Crippen LogP contribution in [0.3, 0.4) is 0 Å². The summed E-state index contributed by atoms with van der Waals surface area (Å²) in [7, 11) is -1.15. The van der Waals surface area contributed by atoms with Crippen molar-refractivity contribution in [2.75, 3.05) is 0 Å². The minimum atomic E-state index is -1.15. The van der Waals surface area contributed by atoms with E-state index in [1.807, 2.05) is 12.6 Å². The predicted octanol–water partition coefficient (Wildman–Crippen LogP) is 1.90. The van der Waals surface area contributed by atoms with E-state index in [4.69, 9.17) is 4.53 Å². The molecule has 0 aliphatic rings. The van der Waals surface area contributed by atoms with E-state index in [0.717, 1.165) is 12.1 Å². The lowest BCUT2D eigenvalue weighted by atomic mass is 10.4. The molecule has 0 aromatic rings. The first-order valence-electron chi connectivity index (χ1n) is 3.91. The average molecular weight is 171 g/mol. The van der Waals surface area contributed by atoms with Crippen LogP contribution in [0.2, 0.25) is 6.55 Å². The lowest BCUT2D eigenvalue weighted by molar-refractivity contribution is 0.236. The van der Waals surface area contributed by atoms with Gasteiger partial charge in [0.1, 0.15) is 0 Å². The fourth-order valence-electron chi connectivity index (χ4n) is 0.582. The number of allylic oxidation sites excluding steroid dienone is 2. The third kappa shape index (κ3) is 5.88. The Kier molecular flexibility index (Phi) is 5.88. The zero-order valence-corrected chi connectivity index (χ0v) is 8.71. The van der Waals surface area contributed by atoms with Gasteiger partial charge in [-0.25, -0.2) is 0 Å². The van der Waals surface area contributed by atoms with Crippen LogP contribution in [0.4, 0.5) is 0 Å². The molecule has 1 unspecified atom stereocenters. The molecule has 1 atom stereocenters. The molecule has 11 heavy (non-hydrogen) atoms. The molecule has 0 fully saturated rings. The zero-order valence-electron chi connectivity index (χ0n) is 7.55. The maximum Gasteiger partial charge on any atom is 0.234 e. The van der Waals surface area contributed by atoms with Gasteiger partial charge < -0.3 is 4.53 Å². The average Bonchev–Trinajstić information content (AvgIpc) is 2.01. The van der Waals surface area contributed by atoms with Gasteiger partial charge in [0, 0.05) is 5.70 Å². The van der Waals surface area contributed by atoms with Crippen LogP contribution in [-0.2, 0) is 4.53 Å². The molecule has 0 radical (unpaired) electrons. The number of hydroxylamine groups is 1. The zero-order chi connectivity index (χ0) is 8.69. The molecule has 0 spiro atoms. The largest absolute Gasteiger partial charge is 0.322 e. The minimum Gasteiger partial charge on any atom is -0.322 e. The van der Waals surface area contributed by atoms with Crippen molar-refractivity contribution in [2.45, 2.75) is 26.8 Å². The molecule has 64 valence electrons. The first-order valence-corrected chi connectivity index (χ1v) is 6.21. The van der Waals surface area contributed by atoms with Gasteiger partial charge in [0.05, 0.1) is 0 Å². The molecule has 0 aromatic heterocycles. The number of hydrogen-bond donors (Lipinski definition) is 1. The summed E-state index contributed by atoms with van der Waals surface area (Å²) in [5, 5.41) is 0. The summed E-state index contributed by atoms with van der Waals surface area (Å²) in [6.45, 7) is 9.82. The van der Waals surface area contributed by atoms with E-state index in [1.54, 1.807) is 0 Å². The summed E-state index contributed by atoms with van der Waals surface area (Å²) in [6, 6.07) is 0. The molecule has 0 aliphatic carbocycles. The van der Waals surface area contributed by atoms with E-state index >= 15 is 0 Å². The van der Waals surface area contributed by atoms with Crippen LogP contribution in [0, 0.1) is 0 Å². The molecule has 0 aliphatic heterocycles. The number of rotatable bonds is 5. The number of hydrogen-bond acceptors (Lipinski definition) is 2. The molecule has 0 bridgehead atoms. The second-order valence-electron chi connectivity index (χ2n) is 2.46. The molecule has 0 saturated heterocycles. The highest BCUT2D eigenvalue weighted by atomic mass is 28.3. The van der Waals surface area contributed by atoms with E-state index in [0.29, 0.717) is 0 Å². The number of nitrogens with one attached hydrogen (secondary N) is 1. The van der Waals surface area contributed by atoms with Crippen LogP contribution in [0.5, 0.6) is 0 Å². The van der Waals surface area contributed by atoms with Crippen molar-refractivity contribution in [3.8, 4) is 0 Å². The van der Waals surface area contributed by atoms with Gasteiger partial charge >= 0.3 is 0 Å². The van der Waals surface area contributed by atoms with Crippen molar-refractivity contribution in [2.24, 2.45) is 0 Å². The maximum absolute atomic E-state index is 5.31. The second-order valence-corrected chi connectivity index (χ2v) is 4.57. The first-order chi connectivity index (χ1) is 5.20. The Morgan fingerprint density at radius 3 is 2.82 bits per heavy atom. The smallest absolute Gasteiger partial charge is 0.234 e. The predicted molar refractivity (Wildman–Crippen MR) is 51.5 cm³/mol. The summed E-state index contributed by atoms with van der Waals surface area (Å²) in [4.78, 5) is 0. The lowest BCUT2D eigenvalue weighted by Crippen LogP contribution is -2.21. The van der Waals surface area contributed by atoms with Gasteiger partial charge in [-0.2, -0.15) is 0 Å². The Bertz CT molecular complexity index is 145. The van der Waals surface area contributed by atoms with Crippen LogP contribution < -0.4 is 5.48 Å². The highest BCUT2D eigenvalue weighted by Crippen LogP contribution is 1.91. The topological polar surface area (TPSA) is 21.3 Å². The summed E-state index contributed by atoms with van der Waals surface area (Å²) < 4.78 is 5.31. The summed E-state index contributed by atoms with van der Waals surface area (Å²) >= 11 is 0. The third-order valence-corrected chi connectivity index (χ3v) is 2.40. The second kappa shape index (κ2) is 6.19. The van der Waals surface area contributed by atoms with Crippen LogP contribution in [0.25, 0.3) is 0 Å². The first kappa shape index (κ1) is 10.5. The van der Waals surface area contributed by atoms with Crippen molar-refractivity contribution in [1.82, 2.24) is 5.48 Å². The SMILES string of the molecule is C=C[SiH](C)ONC(C)=CCC. The van der Waals surface area contributed by atoms with Crippen LogP contribution in [-0.4, -0.2) is 9.04 Å². The summed E-state index contributed by atoms with van der Waals surface area (Å²) in [5.74, 6) is 0. The standard InChI is InChI=1S/C8H17NOSi/c1-5-7-8(3)9-10-11(4)6-2/h6-7,9,11H,2,5H2,1,3-4H3. The molecule has 0 saturated carbocycles. The Morgan fingerprint density at radius 2 is 2.36 bits per heavy atom. The normalized spacial score (nSPS) is 14.3. The van der Waals surface area contributed by atoms with E-state index in [2.05, 4.69) is 31.6 Å². The molecule has 0 aromatic carbocycles. The van der Waals surface area contributed by atoms with Crippen molar-refractivity contribution in [3.63, 3.8) is 0 Å². The van der Waals surface area contributed by atoms with E-state index < -0.39 is 9.04 Å². The monoisotopic (exact) mass is 171 g/mol. The lowest BCUT2D eigenvalue weighted by Gasteiger charge is -2.09. The maximum atomic E-state index is 5.31. The fourth-order valence-corrected chi connectivity index (χ4v) is 1.05. The van der Waals surface area contributed by atoms with Gasteiger partial charge in [0.15, 0.2) is 0 Å². The molecule has 0 amide bonds. The van der Waals surface area contributed by atoms with Crippen LogP contribution in [0.15, 0.2) is 24.1 Å². The van der Waals surface area contributed by atoms with Gasteiger partial charge in [0.2, 0.25) is 9.04 Å². The van der Waals surface area contributed by atoms with E-state index in [-0.39, 0.29) is 0 Å². The van der Waals surface area contributed by atoms with Crippen molar-refractivity contribution >= 4 is 9.04 Å². The molecule has 2 nitrogen and oxygen atoms in total. The molecular weight excluding hydrogens is 154 g/mol.